The zero-order valence-electron chi connectivity index (χ0n) is 11.7. The Hall–Kier alpha value is -1.95. The van der Waals surface area contributed by atoms with Gasteiger partial charge in [0.05, 0.1) is 0 Å². The number of aliphatic carboxylic acids is 2. The Kier molecular flexibility index (Phi) is 7.39. The predicted molar refractivity (Wildman–Crippen MR) is 75.4 cm³/mol. The van der Waals surface area contributed by atoms with Crippen LogP contribution in [-0.2, 0) is 16.1 Å². The smallest absolute Gasteiger partial charge is 0.414 e. The molecule has 1 aliphatic rings. The van der Waals surface area contributed by atoms with E-state index in [1.807, 2.05) is 12.1 Å². The Morgan fingerprint density at radius 3 is 2.05 bits per heavy atom. The lowest BCUT2D eigenvalue weighted by Crippen LogP contribution is -2.30. The van der Waals surface area contributed by atoms with Crippen molar-refractivity contribution in [1.29, 1.82) is 0 Å². The quantitative estimate of drug-likeness (QED) is 0.746. The molecule has 3 N–H and O–H groups in total. The van der Waals surface area contributed by atoms with Crippen LogP contribution < -0.4 is 5.32 Å². The molecule has 0 saturated heterocycles. The molecule has 1 aliphatic carbocycles. The van der Waals surface area contributed by atoms with E-state index in [4.69, 9.17) is 19.8 Å². The van der Waals surface area contributed by atoms with Crippen molar-refractivity contribution in [2.75, 3.05) is 0 Å². The fourth-order valence-electron chi connectivity index (χ4n) is 2.17. The van der Waals surface area contributed by atoms with Crippen LogP contribution >= 0.6 is 0 Å². The molecular weight excluding hydrogens is 277 g/mol. The third-order valence-corrected chi connectivity index (χ3v) is 3.30. The monoisotopic (exact) mass is 297 g/mol. The third kappa shape index (κ3) is 7.41. The number of hydrogen-bond acceptors (Lipinski definition) is 3. The number of carboxylic acid groups (broad SMARTS) is 2. The summed E-state index contributed by atoms with van der Waals surface area (Å²) < 4.78 is 12.7. The molecule has 0 spiro atoms. The molecule has 6 heteroatoms. The van der Waals surface area contributed by atoms with Gasteiger partial charge in [-0.3, -0.25) is 0 Å². The number of hydrogen-bond donors (Lipinski definition) is 3. The molecule has 0 amide bonds. The number of benzene rings is 1. The summed E-state index contributed by atoms with van der Waals surface area (Å²) in [7, 11) is 0. The summed E-state index contributed by atoms with van der Waals surface area (Å²) in [6.07, 6.45) is 6.67. The van der Waals surface area contributed by atoms with E-state index < -0.39 is 11.9 Å². The van der Waals surface area contributed by atoms with Crippen LogP contribution in [-0.4, -0.2) is 28.2 Å². The highest BCUT2D eigenvalue weighted by Gasteiger charge is 2.11. The van der Waals surface area contributed by atoms with Crippen molar-refractivity contribution in [3.63, 3.8) is 0 Å². The molecule has 5 nitrogen and oxygen atoms in total. The van der Waals surface area contributed by atoms with Crippen molar-refractivity contribution in [1.82, 2.24) is 5.32 Å². The van der Waals surface area contributed by atoms with E-state index in [-0.39, 0.29) is 5.82 Å². The first-order valence-electron chi connectivity index (χ1n) is 6.93. The fourth-order valence-corrected chi connectivity index (χ4v) is 2.17. The molecule has 116 valence electrons. The lowest BCUT2D eigenvalue weighted by Gasteiger charge is -2.22. The Morgan fingerprint density at radius 1 is 1.05 bits per heavy atom. The Bertz CT molecular complexity index is 443. The predicted octanol–water partition coefficient (Wildman–Crippen LogP) is 2.40. The van der Waals surface area contributed by atoms with Crippen molar-refractivity contribution >= 4 is 11.9 Å². The highest BCUT2D eigenvalue weighted by atomic mass is 19.1. The van der Waals surface area contributed by atoms with Crippen molar-refractivity contribution in [2.45, 2.75) is 44.7 Å². The minimum atomic E-state index is -1.82. The molecule has 21 heavy (non-hydrogen) atoms. The molecular formula is C15H20FNO4. The van der Waals surface area contributed by atoms with E-state index in [0.29, 0.717) is 6.04 Å². The zero-order chi connectivity index (χ0) is 15.7. The van der Waals surface area contributed by atoms with Gasteiger partial charge in [-0.05, 0) is 30.5 Å². The molecule has 0 unspecified atom stereocenters. The molecule has 0 aromatic heterocycles. The van der Waals surface area contributed by atoms with E-state index >= 15 is 0 Å². The SMILES string of the molecule is Fc1ccc(CNC2CCCCC2)cc1.O=C(O)C(=O)O. The average Bonchev–Trinajstić information content (AvgIpc) is 2.48. The van der Waals surface area contributed by atoms with E-state index in [0.717, 1.165) is 6.54 Å². The third-order valence-electron chi connectivity index (χ3n) is 3.30. The van der Waals surface area contributed by atoms with E-state index in [1.165, 1.54) is 49.8 Å². The maximum atomic E-state index is 12.7. The summed E-state index contributed by atoms with van der Waals surface area (Å²) in [5, 5.41) is 18.3. The van der Waals surface area contributed by atoms with Gasteiger partial charge in [0.1, 0.15) is 5.82 Å². The maximum absolute atomic E-state index is 12.7. The molecule has 2 rings (SSSR count). The van der Waals surface area contributed by atoms with Crippen molar-refractivity contribution < 1.29 is 24.2 Å². The van der Waals surface area contributed by atoms with Crippen LogP contribution in [0.15, 0.2) is 24.3 Å². The Balaban J connectivity index is 0.000000315. The summed E-state index contributed by atoms with van der Waals surface area (Å²) >= 11 is 0. The van der Waals surface area contributed by atoms with Gasteiger partial charge in [-0.2, -0.15) is 0 Å². The summed E-state index contributed by atoms with van der Waals surface area (Å²) in [5.41, 5.74) is 1.17. The van der Waals surface area contributed by atoms with Crippen LogP contribution in [0, 0.1) is 5.82 Å². The first-order chi connectivity index (χ1) is 9.99. The largest absolute Gasteiger partial charge is 0.473 e. The number of nitrogens with one attached hydrogen (secondary N) is 1. The summed E-state index contributed by atoms with van der Waals surface area (Å²) in [6, 6.07) is 7.43. The van der Waals surface area contributed by atoms with E-state index in [1.54, 1.807) is 0 Å². The number of halogens is 1. The molecule has 1 fully saturated rings. The number of carbonyl (C=O) groups is 2. The molecule has 0 heterocycles. The molecule has 0 bridgehead atoms. The standard InChI is InChI=1S/C13H18FN.C2H2O4/c14-12-8-6-11(7-9-12)10-15-13-4-2-1-3-5-13;3-1(4)2(5)6/h6-9,13,15H,1-5,10H2;(H,3,4)(H,5,6). The van der Waals surface area contributed by atoms with Gasteiger partial charge in [0.2, 0.25) is 0 Å². The van der Waals surface area contributed by atoms with E-state index in [9.17, 15) is 4.39 Å². The Labute approximate surface area is 122 Å². The van der Waals surface area contributed by atoms with Crippen LogP contribution in [0.1, 0.15) is 37.7 Å². The van der Waals surface area contributed by atoms with Gasteiger partial charge < -0.3 is 15.5 Å². The Morgan fingerprint density at radius 2 is 1.57 bits per heavy atom. The van der Waals surface area contributed by atoms with Gasteiger partial charge in [-0.25, -0.2) is 14.0 Å². The molecule has 0 radical (unpaired) electrons. The van der Waals surface area contributed by atoms with Gasteiger partial charge in [-0.15, -0.1) is 0 Å². The van der Waals surface area contributed by atoms with Gasteiger partial charge in [0.15, 0.2) is 0 Å². The van der Waals surface area contributed by atoms with Crippen molar-refractivity contribution in [3.8, 4) is 0 Å². The lowest BCUT2D eigenvalue weighted by atomic mass is 9.95. The second kappa shape index (κ2) is 9.07. The van der Waals surface area contributed by atoms with Gasteiger partial charge in [-0.1, -0.05) is 31.4 Å². The first-order valence-corrected chi connectivity index (χ1v) is 6.93. The van der Waals surface area contributed by atoms with Crippen molar-refractivity contribution in [2.24, 2.45) is 0 Å². The summed E-state index contributed by atoms with van der Waals surface area (Å²) in [6.45, 7) is 0.866. The highest BCUT2D eigenvalue weighted by molar-refractivity contribution is 6.27. The normalized spacial score (nSPS) is 14.9. The van der Waals surface area contributed by atoms with Crippen molar-refractivity contribution in [3.05, 3.63) is 35.6 Å². The van der Waals surface area contributed by atoms with E-state index in [2.05, 4.69) is 5.32 Å². The topological polar surface area (TPSA) is 86.6 Å². The molecule has 1 aromatic carbocycles. The van der Waals surface area contributed by atoms with Crippen LogP contribution in [0.2, 0.25) is 0 Å². The van der Waals surface area contributed by atoms with Gasteiger partial charge in [0, 0.05) is 12.6 Å². The van der Waals surface area contributed by atoms with Crippen LogP contribution in [0.5, 0.6) is 0 Å². The molecule has 1 aromatic rings. The zero-order valence-corrected chi connectivity index (χ0v) is 11.7. The van der Waals surface area contributed by atoms with Crippen LogP contribution in [0.25, 0.3) is 0 Å². The molecule has 1 saturated carbocycles. The first kappa shape index (κ1) is 17.1. The number of rotatable bonds is 3. The summed E-state index contributed by atoms with van der Waals surface area (Å²) in [5.74, 6) is -3.80. The molecule has 0 aliphatic heterocycles. The highest BCUT2D eigenvalue weighted by Crippen LogP contribution is 2.17. The minimum absolute atomic E-state index is 0.156. The lowest BCUT2D eigenvalue weighted by molar-refractivity contribution is -0.159. The number of carboxylic acids is 2. The minimum Gasteiger partial charge on any atom is -0.473 e. The van der Waals surface area contributed by atoms with Crippen LogP contribution in [0.3, 0.4) is 0 Å². The fraction of sp³-hybridized carbons (Fsp3) is 0.467. The van der Waals surface area contributed by atoms with Gasteiger partial charge in [0.25, 0.3) is 0 Å². The summed E-state index contributed by atoms with van der Waals surface area (Å²) in [4.78, 5) is 18.2. The van der Waals surface area contributed by atoms with Crippen LogP contribution in [0.4, 0.5) is 4.39 Å². The average molecular weight is 297 g/mol. The second-order valence-electron chi connectivity index (χ2n) is 4.95. The maximum Gasteiger partial charge on any atom is 0.414 e. The second-order valence-corrected chi connectivity index (χ2v) is 4.95. The molecule has 0 atom stereocenters. The van der Waals surface area contributed by atoms with Gasteiger partial charge >= 0.3 is 11.9 Å².